The Bertz CT molecular complexity index is 1000. The lowest BCUT2D eigenvalue weighted by atomic mass is 10.0. The second kappa shape index (κ2) is 8.12. The predicted molar refractivity (Wildman–Crippen MR) is 111 cm³/mol. The number of carbonyl (C=O) groups excluding carboxylic acids is 2. The number of methoxy groups -OCH3 is 1. The number of ether oxygens (including phenoxy) is 1. The maximum atomic E-state index is 12.7. The number of fused-ring (bicyclic) bond motifs is 1. The van der Waals surface area contributed by atoms with Crippen molar-refractivity contribution in [2.45, 2.75) is 6.54 Å². The fourth-order valence-electron chi connectivity index (χ4n) is 3.60. The van der Waals surface area contributed by atoms with Crippen LogP contribution < -0.4 is 0 Å². The molecule has 1 aliphatic heterocycles. The van der Waals surface area contributed by atoms with Gasteiger partial charge in [0.25, 0.3) is 5.91 Å². The van der Waals surface area contributed by atoms with E-state index in [9.17, 15) is 9.59 Å². The minimum Gasteiger partial charge on any atom is -0.465 e. The van der Waals surface area contributed by atoms with Crippen LogP contribution in [-0.4, -0.2) is 55.0 Å². The highest BCUT2D eigenvalue weighted by Gasteiger charge is 2.24. The first kappa shape index (κ1) is 18.7. The van der Waals surface area contributed by atoms with Crippen molar-refractivity contribution >= 4 is 34.0 Å². The number of esters is 1. The van der Waals surface area contributed by atoms with E-state index in [4.69, 9.17) is 4.74 Å². The molecular formula is C22H22N2O3S. The van der Waals surface area contributed by atoms with Crippen molar-refractivity contribution in [3.05, 3.63) is 69.9 Å². The van der Waals surface area contributed by atoms with Crippen LogP contribution in [0.4, 0.5) is 0 Å². The summed E-state index contributed by atoms with van der Waals surface area (Å²) in [5.74, 6) is -0.408. The number of hydrogen-bond donors (Lipinski definition) is 0. The van der Waals surface area contributed by atoms with Gasteiger partial charge in [-0.3, -0.25) is 9.69 Å². The number of hydrogen-bond acceptors (Lipinski definition) is 5. The van der Waals surface area contributed by atoms with E-state index in [-0.39, 0.29) is 5.91 Å². The molecule has 1 aromatic heterocycles. The summed E-state index contributed by atoms with van der Waals surface area (Å²) in [6.07, 6.45) is 0. The van der Waals surface area contributed by atoms with Crippen molar-refractivity contribution in [1.29, 1.82) is 0 Å². The van der Waals surface area contributed by atoms with Gasteiger partial charge >= 0.3 is 5.97 Å². The zero-order valence-corrected chi connectivity index (χ0v) is 16.6. The molecule has 1 aliphatic rings. The third-order valence-electron chi connectivity index (χ3n) is 5.14. The topological polar surface area (TPSA) is 49.9 Å². The zero-order chi connectivity index (χ0) is 19.5. The lowest BCUT2D eigenvalue weighted by Gasteiger charge is -2.34. The smallest absolute Gasteiger partial charge is 0.348 e. The Morgan fingerprint density at radius 2 is 1.64 bits per heavy atom. The van der Waals surface area contributed by atoms with Crippen LogP contribution in [0.3, 0.4) is 0 Å². The van der Waals surface area contributed by atoms with Crippen LogP contribution in [0.1, 0.15) is 24.9 Å². The number of carbonyl (C=O) groups is 2. The van der Waals surface area contributed by atoms with E-state index >= 15 is 0 Å². The summed E-state index contributed by atoms with van der Waals surface area (Å²) < 4.78 is 4.72. The van der Waals surface area contributed by atoms with Gasteiger partial charge in [-0.25, -0.2) is 4.79 Å². The average molecular weight is 394 g/mol. The third kappa shape index (κ3) is 3.79. The molecular weight excluding hydrogens is 372 g/mol. The third-order valence-corrected chi connectivity index (χ3v) is 6.19. The highest BCUT2D eigenvalue weighted by Crippen LogP contribution is 2.22. The number of thiophene rings is 1. The molecule has 3 aromatic rings. The molecule has 2 aromatic carbocycles. The lowest BCUT2D eigenvalue weighted by Crippen LogP contribution is -2.48. The summed E-state index contributed by atoms with van der Waals surface area (Å²) in [6, 6.07) is 18.2. The molecule has 4 rings (SSSR count). The molecule has 1 fully saturated rings. The molecule has 0 bridgehead atoms. The van der Waals surface area contributed by atoms with Crippen molar-refractivity contribution in [2.24, 2.45) is 0 Å². The molecule has 5 nitrogen and oxygen atoms in total. The minimum absolute atomic E-state index is 0.00929. The Kier molecular flexibility index (Phi) is 5.41. The first-order chi connectivity index (χ1) is 13.7. The summed E-state index contributed by atoms with van der Waals surface area (Å²) in [7, 11) is 1.35. The highest BCUT2D eigenvalue weighted by atomic mass is 32.1. The molecule has 1 amide bonds. The molecule has 0 spiro atoms. The first-order valence-electron chi connectivity index (χ1n) is 9.32. The van der Waals surface area contributed by atoms with Crippen LogP contribution in [0.15, 0.2) is 54.6 Å². The fourth-order valence-corrected chi connectivity index (χ4v) is 4.49. The monoisotopic (exact) mass is 394 g/mol. The van der Waals surface area contributed by atoms with Gasteiger partial charge in [0.1, 0.15) is 4.88 Å². The number of amides is 1. The molecule has 0 unspecified atom stereocenters. The van der Waals surface area contributed by atoms with Crippen LogP contribution in [0.5, 0.6) is 0 Å². The maximum Gasteiger partial charge on any atom is 0.348 e. The minimum atomic E-state index is -0.399. The highest BCUT2D eigenvalue weighted by molar-refractivity contribution is 7.15. The van der Waals surface area contributed by atoms with E-state index in [1.807, 2.05) is 4.90 Å². The summed E-state index contributed by atoms with van der Waals surface area (Å²) in [4.78, 5) is 29.6. The Balaban J connectivity index is 1.38. The first-order valence-corrected chi connectivity index (χ1v) is 10.1. The van der Waals surface area contributed by atoms with E-state index in [2.05, 4.69) is 47.4 Å². The van der Waals surface area contributed by atoms with E-state index in [0.29, 0.717) is 22.8 Å². The van der Waals surface area contributed by atoms with Crippen LogP contribution in [-0.2, 0) is 11.3 Å². The van der Waals surface area contributed by atoms with Gasteiger partial charge in [0.2, 0.25) is 0 Å². The molecule has 0 radical (unpaired) electrons. The van der Waals surface area contributed by atoms with E-state index in [0.717, 1.165) is 19.6 Å². The quantitative estimate of drug-likeness (QED) is 0.634. The normalized spacial score (nSPS) is 15.0. The summed E-state index contributed by atoms with van der Waals surface area (Å²) in [6.45, 7) is 3.94. The zero-order valence-electron chi connectivity index (χ0n) is 15.8. The number of nitrogens with zero attached hydrogens (tertiary/aromatic N) is 2. The van der Waals surface area contributed by atoms with Crippen LogP contribution >= 0.6 is 11.3 Å². The fraction of sp³-hybridized carbons (Fsp3) is 0.273. The van der Waals surface area contributed by atoms with Crippen molar-refractivity contribution in [3.63, 3.8) is 0 Å². The van der Waals surface area contributed by atoms with Gasteiger partial charge in [-0.1, -0.05) is 42.5 Å². The van der Waals surface area contributed by atoms with Crippen molar-refractivity contribution < 1.29 is 14.3 Å². The Labute approximate surface area is 168 Å². The number of rotatable bonds is 4. The SMILES string of the molecule is COC(=O)c1ccc(C(=O)N2CCN(Cc3cccc4ccccc34)CC2)s1. The van der Waals surface area contributed by atoms with Gasteiger partial charge in [-0.05, 0) is 28.5 Å². The largest absolute Gasteiger partial charge is 0.465 e. The van der Waals surface area contributed by atoms with E-state index < -0.39 is 5.97 Å². The van der Waals surface area contributed by atoms with Crippen molar-refractivity contribution in [3.8, 4) is 0 Å². The van der Waals surface area contributed by atoms with Gasteiger partial charge in [0.15, 0.2) is 0 Å². The van der Waals surface area contributed by atoms with E-state index in [1.54, 1.807) is 12.1 Å². The standard InChI is InChI=1S/C22H22N2O3S/c1-27-22(26)20-10-9-19(28-20)21(25)24-13-11-23(12-14-24)15-17-7-4-6-16-5-2-3-8-18(16)17/h2-10H,11-15H2,1H3. The number of benzene rings is 2. The molecule has 1 saturated heterocycles. The molecule has 144 valence electrons. The summed E-state index contributed by atoms with van der Waals surface area (Å²) >= 11 is 1.19. The Hall–Kier alpha value is -2.70. The van der Waals surface area contributed by atoms with Crippen LogP contribution in [0.25, 0.3) is 10.8 Å². The molecule has 2 heterocycles. The molecule has 0 atom stereocenters. The van der Waals surface area contributed by atoms with Crippen molar-refractivity contribution in [1.82, 2.24) is 9.80 Å². The van der Waals surface area contributed by atoms with E-state index in [1.165, 1.54) is 34.8 Å². The lowest BCUT2D eigenvalue weighted by molar-refractivity contribution is 0.0605. The van der Waals surface area contributed by atoms with Gasteiger partial charge < -0.3 is 9.64 Å². The maximum absolute atomic E-state index is 12.7. The summed E-state index contributed by atoms with van der Waals surface area (Å²) in [5.41, 5.74) is 1.32. The Morgan fingerprint density at radius 1 is 0.929 bits per heavy atom. The number of piperazine rings is 1. The van der Waals surface area contributed by atoms with Gasteiger partial charge in [0.05, 0.1) is 12.0 Å². The van der Waals surface area contributed by atoms with Gasteiger partial charge in [-0.2, -0.15) is 0 Å². The second-order valence-electron chi connectivity index (χ2n) is 6.86. The predicted octanol–water partition coefficient (Wildman–Crippen LogP) is 3.65. The molecule has 0 aliphatic carbocycles. The van der Waals surface area contributed by atoms with Crippen LogP contribution in [0.2, 0.25) is 0 Å². The average Bonchev–Trinajstić information content (AvgIpc) is 3.24. The van der Waals surface area contributed by atoms with Crippen LogP contribution in [0, 0.1) is 0 Å². The van der Waals surface area contributed by atoms with Gasteiger partial charge in [0, 0.05) is 32.7 Å². The molecule has 0 saturated carbocycles. The molecule has 0 N–H and O–H groups in total. The molecule has 28 heavy (non-hydrogen) atoms. The van der Waals surface area contributed by atoms with Crippen molar-refractivity contribution in [2.75, 3.05) is 33.3 Å². The second-order valence-corrected chi connectivity index (χ2v) is 7.95. The Morgan fingerprint density at radius 3 is 2.43 bits per heavy atom. The molecule has 6 heteroatoms. The summed E-state index contributed by atoms with van der Waals surface area (Å²) in [5, 5.41) is 2.55. The van der Waals surface area contributed by atoms with Gasteiger partial charge in [-0.15, -0.1) is 11.3 Å².